The number of hydrogen-bond acceptors (Lipinski definition) is 3. The second-order valence-corrected chi connectivity index (χ2v) is 7.44. The maximum absolute atomic E-state index is 11.6. The summed E-state index contributed by atoms with van der Waals surface area (Å²) >= 11 is 0. The van der Waals surface area contributed by atoms with Crippen molar-refractivity contribution in [2.75, 3.05) is 6.54 Å². The average Bonchev–Trinajstić information content (AvgIpc) is 2.87. The Labute approximate surface area is 114 Å². The fourth-order valence-electron chi connectivity index (χ4n) is 2.49. The third-order valence-corrected chi connectivity index (χ3v) is 3.49. The Bertz CT molecular complexity index is 378. The van der Waals surface area contributed by atoms with Crippen LogP contribution in [0.4, 0.5) is 4.79 Å². The zero-order chi connectivity index (χ0) is 15.1. The Morgan fingerprint density at radius 1 is 1.26 bits per heavy atom. The molecule has 5 heteroatoms. The van der Waals surface area contributed by atoms with Crippen LogP contribution in [0.3, 0.4) is 0 Å². The van der Waals surface area contributed by atoms with Crippen LogP contribution in [0.1, 0.15) is 48.0 Å². The van der Waals surface area contributed by atoms with Gasteiger partial charge in [-0.2, -0.15) is 0 Å². The van der Waals surface area contributed by atoms with Crippen LogP contribution in [0, 0.1) is 16.7 Å². The lowest BCUT2D eigenvalue weighted by Gasteiger charge is -2.24. The minimum atomic E-state index is -0.844. The number of carbonyl (C=O) groups is 2. The minimum absolute atomic E-state index is 0.0754. The van der Waals surface area contributed by atoms with E-state index in [0.717, 1.165) is 0 Å². The summed E-state index contributed by atoms with van der Waals surface area (Å²) < 4.78 is 5.12. The molecule has 0 aromatic carbocycles. The molecule has 0 aromatic heterocycles. The smallest absolute Gasteiger partial charge is 0.407 e. The van der Waals surface area contributed by atoms with Crippen LogP contribution in [-0.2, 0) is 9.53 Å². The lowest BCUT2D eigenvalue weighted by atomic mass is 9.84. The van der Waals surface area contributed by atoms with Crippen molar-refractivity contribution in [3.05, 3.63) is 0 Å². The third kappa shape index (κ3) is 3.85. The summed E-state index contributed by atoms with van der Waals surface area (Å²) in [6.07, 6.45) is 0.0365. The van der Waals surface area contributed by atoms with Crippen molar-refractivity contribution in [2.45, 2.75) is 53.6 Å². The maximum Gasteiger partial charge on any atom is 0.407 e. The van der Waals surface area contributed by atoms with Gasteiger partial charge in [0.1, 0.15) is 5.60 Å². The molecular weight excluding hydrogens is 246 g/mol. The number of carbonyl (C=O) groups excluding carboxylic acids is 1. The van der Waals surface area contributed by atoms with Gasteiger partial charge in [0.2, 0.25) is 0 Å². The van der Waals surface area contributed by atoms with Crippen LogP contribution in [-0.4, -0.2) is 29.3 Å². The molecule has 0 radical (unpaired) electrons. The highest BCUT2D eigenvalue weighted by Crippen LogP contribution is 2.60. The molecule has 5 nitrogen and oxygen atoms in total. The first-order valence-electron chi connectivity index (χ1n) is 6.59. The van der Waals surface area contributed by atoms with E-state index in [1.54, 1.807) is 20.8 Å². The zero-order valence-electron chi connectivity index (χ0n) is 12.7. The van der Waals surface area contributed by atoms with E-state index in [9.17, 15) is 14.7 Å². The summed E-state index contributed by atoms with van der Waals surface area (Å²) in [5, 5.41) is 12.0. The minimum Gasteiger partial charge on any atom is -0.481 e. The first-order valence-corrected chi connectivity index (χ1v) is 6.59. The van der Waals surface area contributed by atoms with Crippen molar-refractivity contribution < 1.29 is 19.4 Å². The third-order valence-electron chi connectivity index (χ3n) is 3.49. The normalized spacial score (nSPS) is 26.7. The summed E-state index contributed by atoms with van der Waals surface area (Å²) in [7, 11) is 0. The molecule has 19 heavy (non-hydrogen) atoms. The lowest BCUT2D eigenvalue weighted by Crippen LogP contribution is -2.39. The molecule has 0 aliphatic heterocycles. The van der Waals surface area contributed by atoms with Crippen LogP contribution < -0.4 is 5.32 Å². The molecular formula is C14H25NO4. The Kier molecular flexibility index (Phi) is 3.90. The van der Waals surface area contributed by atoms with Crippen LogP contribution in [0.5, 0.6) is 0 Å². The summed E-state index contributed by atoms with van der Waals surface area (Å²) in [4.78, 5) is 23.0. The molecule has 0 spiro atoms. The number of hydrogen-bond donors (Lipinski definition) is 2. The van der Waals surface area contributed by atoms with Gasteiger partial charge in [-0.25, -0.2) is 4.79 Å². The van der Waals surface area contributed by atoms with E-state index >= 15 is 0 Å². The SMILES string of the molecule is CC(C)(C)OC(=O)NC[C@]1(C(=O)O)C[C@H]1C(C)(C)C. The van der Waals surface area contributed by atoms with Crippen LogP contribution >= 0.6 is 0 Å². The highest BCUT2D eigenvalue weighted by molar-refractivity contribution is 5.80. The second-order valence-electron chi connectivity index (χ2n) is 7.44. The van der Waals surface area contributed by atoms with Gasteiger partial charge in [-0.15, -0.1) is 0 Å². The number of nitrogens with one attached hydrogen (secondary N) is 1. The largest absolute Gasteiger partial charge is 0.481 e. The van der Waals surface area contributed by atoms with E-state index in [2.05, 4.69) is 5.32 Å². The van der Waals surface area contributed by atoms with Gasteiger partial charge in [-0.3, -0.25) is 4.79 Å². The number of amides is 1. The van der Waals surface area contributed by atoms with E-state index in [-0.39, 0.29) is 17.9 Å². The monoisotopic (exact) mass is 271 g/mol. The highest BCUT2D eigenvalue weighted by Gasteiger charge is 2.64. The van der Waals surface area contributed by atoms with Gasteiger partial charge < -0.3 is 15.2 Å². The van der Waals surface area contributed by atoms with Crippen molar-refractivity contribution >= 4 is 12.1 Å². The first-order chi connectivity index (χ1) is 8.38. The molecule has 0 unspecified atom stereocenters. The Hall–Kier alpha value is -1.26. The van der Waals surface area contributed by atoms with Crippen LogP contribution in [0.25, 0.3) is 0 Å². The second kappa shape index (κ2) is 4.69. The number of alkyl carbamates (subject to hydrolysis) is 1. The molecule has 1 amide bonds. The van der Waals surface area contributed by atoms with Gasteiger partial charge in [-0.1, -0.05) is 20.8 Å². The van der Waals surface area contributed by atoms with Crippen molar-refractivity contribution in [1.82, 2.24) is 5.32 Å². The standard InChI is InChI=1S/C14H25NO4/c1-12(2,3)9-7-14(9,10(16)17)8-15-11(18)19-13(4,5)6/h9H,7-8H2,1-6H3,(H,15,18)(H,16,17)/t9-,14+/m0/s1. The van der Waals surface area contributed by atoms with E-state index in [1.807, 2.05) is 20.8 Å². The lowest BCUT2D eigenvalue weighted by molar-refractivity contribution is -0.144. The van der Waals surface area contributed by atoms with Crippen LogP contribution in [0.2, 0.25) is 0 Å². The molecule has 1 saturated carbocycles. The van der Waals surface area contributed by atoms with E-state index in [4.69, 9.17) is 4.74 Å². The maximum atomic E-state index is 11.6. The van der Waals surface area contributed by atoms with E-state index < -0.39 is 23.1 Å². The molecule has 1 fully saturated rings. The molecule has 0 heterocycles. The van der Waals surface area contributed by atoms with Crippen molar-refractivity contribution in [3.63, 3.8) is 0 Å². The molecule has 1 rings (SSSR count). The molecule has 0 aromatic rings. The van der Waals surface area contributed by atoms with Gasteiger partial charge in [0, 0.05) is 6.54 Å². The van der Waals surface area contributed by atoms with Crippen molar-refractivity contribution in [1.29, 1.82) is 0 Å². The Balaban J connectivity index is 2.60. The summed E-state index contributed by atoms with van der Waals surface area (Å²) in [5.41, 5.74) is -1.49. The molecule has 1 aliphatic carbocycles. The van der Waals surface area contributed by atoms with Crippen molar-refractivity contribution in [3.8, 4) is 0 Å². The molecule has 0 bridgehead atoms. The van der Waals surface area contributed by atoms with E-state index in [1.165, 1.54) is 0 Å². The number of rotatable bonds is 3. The quantitative estimate of drug-likeness (QED) is 0.827. The van der Waals surface area contributed by atoms with Crippen LogP contribution in [0.15, 0.2) is 0 Å². The Morgan fingerprint density at radius 2 is 1.79 bits per heavy atom. The fraction of sp³-hybridized carbons (Fsp3) is 0.857. The number of carboxylic acids is 1. The molecule has 1 aliphatic rings. The Morgan fingerprint density at radius 3 is 2.11 bits per heavy atom. The highest BCUT2D eigenvalue weighted by atomic mass is 16.6. The average molecular weight is 271 g/mol. The van der Waals surface area contributed by atoms with Crippen molar-refractivity contribution in [2.24, 2.45) is 16.7 Å². The number of aliphatic carboxylic acids is 1. The van der Waals surface area contributed by atoms with Gasteiger partial charge in [0.05, 0.1) is 5.41 Å². The van der Waals surface area contributed by atoms with E-state index in [0.29, 0.717) is 6.42 Å². The molecule has 110 valence electrons. The van der Waals surface area contributed by atoms with Gasteiger partial charge in [0.15, 0.2) is 0 Å². The zero-order valence-corrected chi connectivity index (χ0v) is 12.7. The molecule has 2 atom stereocenters. The predicted molar refractivity (Wildman–Crippen MR) is 71.9 cm³/mol. The predicted octanol–water partition coefficient (Wildman–Crippen LogP) is 2.65. The summed E-state index contributed by atoms with van der Waals surface area (Å²) in [6, 6.07) is 0. The number of carboxylic acid groups (broad SMARTS) is 1. The summed E-state index contributed by atoms with van der Waals surface area (Å²) in [6.45, 7) is 11.5. The van der Waals surface area contributed by atoms with Gasteiger partial charge in [-0.05, 0) is 38.5 Å². The van der Waals surface area contributed by atoms with Gasteiger partial charge in [0.25, 0.3) is 0 Å². The molecule has 0 saturated heterocycles. The topological polar surface area (TPSA) is 75.6 Å². The molecule has 2 N–H and O–H groups in total. The number of ether oxygens (including phenoxy) is 1. The fourth-order valence-corrected chi connectivity index (χ4v) is 2.49. The first kappa shape index (κ1) is 15.8. The summed E-state index contributed by atoms with van der Waals surface area (Å²) in [5.74, 6) is -0.768. The van der Waals surface area contributed by atoms with Gasteiger partial charge >= 0.3 is 12.1 Å².